The Bertz CT molecular complexity index is 1110. The van der Waals surface area contributed by atoms with Gasteiger partial charge in [0.25, 0.3) is 0 Å². The Morgan fingerprint density at radius 1 is 0.886 bits per heavy atom. The number of halogens is 1. The molecule has 0 bridgehead atoms. The van der Waals surface area contributed by atoms with Gasteiger partial charge in [0.05, 0.1) is 25.4 Å². The zero-order valence-electron chi connectivity index (χ0n) is 20.5. The highest BCUT2D eigenvalue weighted by molar-refractivity contribution is 6.31. The van der Waals surface area contributed by atoms with Crippen LogP contribution in [0.15, 0.2) is 72.8 Å². The summed E-state index contributed by atoms with van der Waals surface area (Å²) in [5.41, 5.74) is 4.49. The molecular weight excluding hydrogens is 460 g/mol. The third kappa shape index (κ3) is 5.26. The SMILES string of the molecule is CCOc1ccc(Cc2cc(C3OC4COC(c5ccccc5)OC4C(C)C3C)ccc2Cl)cc1. The van der Waals surface area contributed by atoms with Crippen LogP contribution >= 0.6 is 11.6 Å². The van der Waals surface area contributed by atoms with Crippen LogP contribution in [0.1, 0.15) is 55.4 Å². The number of rotatable bonds is 6. The summed E-state index contributed by atoms with van der Waals surface area (Å²) in [4.78, 5) is 0. The predicted octanol–water partition coefficient (Wildman–Crippen LogP) is 7.16. The number of fused-ring (bicyclic) bond motifs is 1. The molecule has 2 aliphatic rings. The number of ether oxygens (including phenoxy) is 4. The largest absolute Gasteiger partial charge is 0.494 e. The van der Waals surface area contributed by atoms with Crippen LogP contribution in [0.4, 0.5) is 0 Å². The van der Waals surface area contributed by atoms with Gasteiger partial charge in [-0.15, -0.1) is 0 Å². The maximum atomic E-state index is 6.62. The fourth-order valence-electron chi connectivity index (χ4n) is 5.18. The molecule has 2 fully saturated rings. The van der Waals surface area contributed by atoms with Crippen LogP contribution in [0.25, 0.3) is 0 Å². The standard InChI is InChI=1S/C30H33ClO4/c1-4-32-25-13-10-21(11-14-25)16-24-17-23(12-15-26(24)31)28-19(2)20(3)29-27(34-28)18-33-30(35-29)22-8-6-5-7-9-22/h5-15,17,19-20,27-30H,4,16,18H2,1-3H3. The van der Waals surface area contributed by atoms with Crippen molar-refractivity contribution in [3.05, 3.63) is 100 Å². The third-order valence-corrected chi connectivity index (χ3v) is 7.67. The molecule has 2 heterocycles. The smallest absolute Gasteiger partial charge is 0.184 e. The fourth-order valence-corrected chi connectivity index (χ4v) is 5.36. The van der Waals surface area contributed by atoms with E-state index in [1.165, 1.54) is 5.56 Å². The highest BCUT2D eigenvalue weighted by Crippen LogP contribution is 2.45. The van der Waals surface area contributed by atoms with Crippen molar-refractivity contribution in [1.29, 1.82) is 0 Å². The quantitative estimate of drug-likeness (QED) is 0.366. The van der Waals surface area contributed by atoms with Crippen LogP contribution in [0.5, 0.6) is 5.75 Å². The summed E-state index contributed by atoms with van der Waals surface area (Å²) in [6.07, 6.45) is 0.269. The average Bonchev–Trinajstić information content (AvgIpc) is 2.89. The van der Waals surface area contributed by atoms with Crippen LogP contribution in [0.2, 0.25) is 5.02 Å². The molecule has 5 rings (SSSR count). The van der Waals surface area contributed by atoms with Crippen molar-refractivity contribution in [2.45, 2.75) is 51.8 Å². The Morgan fingerprint density at radius 3 is 2.40 bits per heavy atom. The van der Waals surface area contributed by atoms with Crippen molar-refractivity contribution in [2.75, 3.05) is 13.2 Å². The minimum Gasteiger partial charge on any atom is -0.494 e. The van der Waals surface area contributed by atoms with E-state index >= 15 is 0 Å². The average molecular weight is 493 g/mol. The van der Waals surface area contributed by atoms with Crippen LogP contribution in [-0.4, -0.2) is 25.4 Å². The van der Waals surface area contributed by atoms with Crippen molar-refractivity contribution >= 4 is 11.6 Å². The molecule has 6 unspecified atom stereocenters. The van der Waals surface area contributed by atoms with Gasteiger partial charge < -0.3 is 18.9 Å². The summed E-state index contributed by atoms with van der Waals surface area (Å²) in [5.74, 6) is 1.49. The van der Waals surface area contributed by atoms with Gasteiger partial charge in [0.1, 0.15) is 11.9 Å². The molecule has 0 radical (unpaired) electrons. The molecule has 2 aliphatic heterocycles. The lowest BCUT2D eigenvalue weighted by molar-refractivity contribution is -0.311. The second-order valence-corrected chi connectivity index (χ2v) is 10.0. The first-order valence-corrected chi connectivity index (χ1v) is 12.9. The van der Waals surface area contributed by atoms with E-state index in [4.69, 9.17) is 30.5 Å². The van der Waals surface area contributed by atoms with Crippen LogP contribution < -0.4 is 4.74 Å². The Morgan fingerprint density at radius 2 is 1.66 bits per heavy atom. The second-order valence-electron chi connectivity index (χ2n) is 9.59. The highest BCUT2D eigenvalue weighted by atomic mass is 35.5. The summed E-state index contributed by atoms with van der Waals surface area (Å²) >= 11 is 6.61. The first-order chi connectivity index (χ1) is 17.0. The van der Waals surface area contributed by atoms with E-state index in [1.807, 2.05) is 55.5 Å². The monoisotopic (exact) mass is 492 g/mol. The maximum Gasteiger partial charge on any atom is 0.184 e. The molecule has 0 spiro atoms. The summed E-state index contributed by atoms with van der Waals surface area (Å²) in [6, 6.07) is 24.6. The highest BCUT2D eigenvalue weighted by Gasteiger charge is 2.46. The van der Waals surface area contributed by atoms with Gasteiger partial charge in [0.15, 0.2) is 6.29 Å². The molecule has 3 aromatic carbocycles. The van der Waals surface area contributed by atoms with Crippen molar-refractivity contribution in [2.24, 2.45) is 11.8 Å². The normalized spacial score (nSPS) is 28.3. The van der Waals surface area contributed by atoms with Gasteiger partial charge in [-0.3, -0.25) is 0 Å². The molecule has 0 saturated carbocycles. The Kier molecular flexibility index (Phi) is 7.45. The van der Waals surface area contributed by atoms with E-state index in [2.05, 4.69) is 38.1 Å². The Labute approximate surface area is 213 Å². The van der Waals surface area contributed by atoms with Gasteiger partial charge in [0, 0.05) is 10.6 Å². The van der Waals surface area contributed by atoms with Gasteiger partial charge in [-0.25, -0.2) is 0 Å². The predicted molar refractivity (Wildman–Crippen MR) is 138 cm³/mol. The molecule has 5 heteroatoms. The number of hydrogen-bond donors (Lipinski definition) is 0. The third-order valence-electron chi connectivity index (χ3n) is 7.30. The molecule has 0 N–H and O–H groups in total. The minimum absolute atomic E-state index is 0.00386. The summed E-state index contributed by atoms with van der Waals surface area (Å²) in [7, 11) is 0. The summed E-state index contributed by atoms with van der Waals surface area (Å²) < 4.78 is 24.7. The number of hydrogen-bond acceptors (Lipinski definition) is 4. The molecule has 0 amide bonds. The molecule has 4 nitrogen and oxygen atoms in total. The summed E-state index contributed by atoms with van der Waals surface area (Å²) in [6.45, 7) is 7.69. The fraction of sp³-hybridized carbons (Fsp3) is 0.400. The van der Waals surface area contributed by atoms with E-state index in [9.17, 15) is 0 Å². The van der Waals surface area contributed by atoms with Gasteiger partial charge in [-0.1, -0.05) is 80.0 Å². The molecule has 6 atom stereocenters. The zero-order valence-corrected chi connectivity index (χ0v) is 21.3. The molecule has 35 heavy (non-hydrogen) atoms. The molecule has 2 saturated heterocycles. The first kappa shape index (κ1) is 24.3. The minimum atomic E-state index is -0.344. The summed E-state index contributed by atoms with van der Waals surface area (Å²) in [5, 5.41) is 0.770. The lowest BCUT2D eigenvalue weighted by Crippen LogP contribution is -2.52. The van der Waals surface area contributed by atoms with Gasteiger partial charge >= 0.3 is 0 Å². The lowest BCUT2D eigenvalue weighted by atomic mass is 9.78. The second kappa shape index (κ2) is 10.7. The molecule has 3 aromatic rings. The number of benzene rings is 3. The zero-order chi connectivity index (χ0) is 24.4. The van der Waals surface area contributed by atoms with Crippen molar-refractivity contribution in [1.82, 2.24) is 0 Å². The molecule has 0 aliphatic carbocycles. The van der Waals surface area contributed by atoms with Crippen LogP contribution in [0.3, 0.4) is 0 Å². The van der Waals surface area contributed by atoms with E-state index in [-0.39, 0.29) is 30.5 Å². The maximum absolute atomic E-state index is 6.62. The molecule has 184 valence electrons. The van der Waals surface area contributed by atoms with Crippen molar-refractivity contribution in [3.8, 4) is 5.75 Å². The Hall–Kier alpha value is -2.37. The van der Waals surface area contributed by atoms with E-state index in [0.717, 1.165) is 33.9 Å². The van der Waals surface area contributed by atoms with E-state index < -0.39 is 0 Å². The van der Waals surface area contributed by atoms with E-state index in [1.54, 1.807) is 0 Å². The van der Waals surface area contributed by atoms with Gasteiger partial charge in [0.2, 0.25) is 0 Å². The van der Waals surface area contributed by atoms with Crippen molar-refractivity contribution < 1.29 is 18.9 Å². The van der Waals surface area contributed by atoms with Gasteiger partial charge in [-0.05, 0) is 60.1 Å². The van der Waals surface area contributed by atoms with Crippen LogP contribution in [-0.2, 0) is 20.6 Å². The van der Waals surface area contributed by atoms with Crippen LogP contribution in [0, 0.1) is 11.8 Å². The molecule has 0 aromatic heterocycles. The lowest BCUT2D eigenvalue weighted by Gasteiger charge is -2.48. The molecular formula is C30H33ClO4. The van der Waals surface area contributed by atoms with Crippen molar-refractivity contribution in [3.63, 3.8) is 0 Å². The Balaban J connectivity index is 1.32. The topological polar surface area (TPSA) is 36.9 Å². The van der Waals surface area contributed by atoms with E-state index in [0.29, 0.717) is 19.1 Å². The van der Waals surface area contributed by atoms with Gasteiger partial charge in [-0.2, -0.15) is 0 Å². The first-order valence-electron chi connectivity index (χ1n) is 12.5.